The van der Waals surface area contributed by atoms with E-state index in [4.69, 9.17) is 4.74 Å². The fraction of sp³-hybridized carbons (Fsp3) is 0.308. The maximum atomic E-state index is 12.9. The monoisotopic (exact) mass is 373 g/mol. The average molecular weight is 374 g/mol. The summed E-state index contributed by atoms with van der Waals surface area (Å²) < 4.78 is 18.4. The molecule has 0 aliphatic heterocycles. The first-order chi connectivity index (χ1) is 10.5. The number of benzene rings is 1. The number of carbonyl (C=O) groups is 3. The molecule has 1 saturated carbocycles. The summed E-state index contributed by atoms with van der Waals surface area (Å²) in [6, 6.07) is 3.78. The summed E-state index contributed by atoms with van der Waals surface area (Å²) >= 11 is 3.09. The van der Waals surface area contributed by atoms with Gasteiger partial charge in [0, 0.05) is 6.04 Å². The van der Waals surface area contributed by atoms with E-state index in [-0.39, 0.29) is 11.8 Å². The van der Waals surface area contributed by atoms with Gasteiger partial charge in [0.2, 0.25) is 0 Å². The van der Waals surface area contributed by atoms with Crippen molar-refractivity contribution in [1.82, 2.24) is 16.2 Å². The lowest BCUT2D eigenvalue weighted by molar-refractivity contribution is -0.141. The molecular weight excluding hydrogens is 361 g/mol. The summed E-state index contributed by atoms with van der Waals surface area (Å²) in [5.41, 5.74) is 4.02. The van der Waals surface area contributed by atoms with Gasteiger partial charge >= 0.3 is 11.8 Å². The van der Waals surface area contributed by atoms with Crippen molar-refractivity contribution >= 4 is 33.7 Å². The third kappa shape index (κ3) is 4.99. The van der Waals surface area contributed by atoms with Gasteiger partial charge in [-0.05, 0) is 47.0 Å². The minimum Gasteiger partial charge on any atom is -0.483 e. The van der Waals surface area contributed by atoms with Crippen LogP contribution in [0.1, 0.15) is 12.8 Å². The highest BCUT2D eigenvalue weighted by Gasteiger charge is 2.26. The molecule has 9 heteroatoms. The van der Waals surface area contributed by atoms with Gasteiger partial charge in [-0.3, -0.25) is 25.2 Å². The normalized spacial score (nSPS) is 13.2. The Labute approximate surface area is 133 Å². The van der Waals surface area contributed by atoms with Crippen LogP contribution in [0.15, 0.2) is 22.7 Å². The van der Waals surface area contributed by atoms with E-state index in [2.05, 4.69) is 21.2 Å². The standard InChI is InChI=1S/C13H13BrFN3O4/c14-9-5-7(15)1-4-10(9)22-6-11(19)17-18-13(21)12(20)16-8-2-3-8/h1,4-5,8H,2-3,6H2,(H,16,20)(H,17,19)(H,18,21). The van der Waals surface area contributed by atoms with Gasteiger partial charge in [-0.1, -0.05) is 0 Å². The Morgan fingerprint density at radius 3 is 2.59 bits per heavy atom. The zero-order valence-corrected chi connectivity index (χ0v) is 12.9. The Bertz CT molecular complexity index is 607. The molecule has 1 aliphatic carbocycles. The smallest absolute Gasteiger partial charge is 0.327 e. The molecule has 2 rings (SSSR count). The van der Waals surface area contributed by atoms with E-state index in [0.29, 0.717) is 4.47 Å². The predicted molar refractivity (Wildman–Crippen MR) is 77.0 cm³/mol. The largest absolute Gasteiger partial charge is 0.483 e. The molecule has 3 amide bonds. The van der Waals surface area contributed by atoms with Crippen molar-refractivity contribution in [2.75, 3.05) is 6.61 Å². The highest BCUT2D eigenvalue weighted by atomic mass is 79.9. The second kappa shape index (κ2) is 7.21. The van der Waals surface area contributed by atoms with Gasteiger partial charge in [0.15, 0.2) is 6.61 Å². The van der Waals surface area contributed by atoms with Gasteiger partial charge in [-0.25, -0.2) is 4.39 Å². The van der Waals surface area contributed by atoms with Crippen LogP contribution in [0.25, 0.3) is 0 Å². The number of rotatable bonds is 4. The SMILES string of the molecule is O=C(COc1ccc(F)cc1Br)NNC(=O)C(=O)NC1CC1. The van der Waals surface area contributed by atoms with E-state index >= 15 is 0 Å². The van der Waals surface area contributed by atoms with Crippen LogP contribution in [0.5, 0.6) is 5.75 Å². The van der Waals surface area contributed by atoms with E-state index in [1.165, 1.54) is 18.2 Å². The van der Waals surface area contributed by atoms with Crippen molar-refractivity contribution in [2.45, 2.75) is 18.9 Å². The van der Waals surface area contributed by atoms with Crippen molar-refractivity contribution in [3.63, 3.8) is 0 Å². The zero-order chi connectivity index (χ0) is 16.1. The summed E-state index contributed by atoms with van der Waals surface area (Å²) in [5, 5.41) is 2.47. The van der Waals surface area contributed by atoms with Crippen LogP contribution in [-0.4, -0.2) is 30.4 Å². The Kier molecular flexibility index (Phi) is 5.31. The first-order valence-corrected chi connectivity index (χ1v) is 7.22. The number of carbonyl (C=O) groups excluding carboxylic acids is 3. The Morgan fingerprint density at radius 2 is 1.95 bits per heavy atom. The number of nitrogens with one attached hydrogen (secondary N) is 3. The molecule has 0 aromatic heterocycles. The lowest BCUT2D eigenvalue weighted by Crippen LogP contribution is -2.50. The first-order valence-electron chi connectivity index (χ1n) is 6.43. The lowest BCUT2D eigenvalue weighted by Gasteiger charge is -2.09. The van der Waals surface area contributed by atoms with Crippen LogP contribution < -0.4 is 20.9 Å². The maximum absolute atomic E-state index is 12.9. The zero-order valence-electron chi connectivity index (χ0n) is 11.3. The van der Waals surface area contributed by atoms with Crippen LogP contribution in [-0.2, 0) is 14.4 Å². The van der Waals surface area contributed by atoms with Crippen molar-refractivity contribution in [3.05, 3.63) is 28.5 Å². The minimum absolute atomic E-state index is 0.0492. The highest BCUT2D eigenvalue weighted by molar-refractivity contribution is 9.10. The van der Waals surface area contributed by atoms with Crippen LogP contribution in [0, 0.1) is 5.82 Å². The molecule has 0 heterocycles. The molecule has 7 nitrogen and oxygen atoms in total. The molecule has 1 aromatic rings. The van der Waals surface area contributed by atoms with Gasteiger partial charge in [0.1, 0.15) is 11.6 Å². The summed E-state index contributed by atoms with van der Waals surface area (Å²) in [6.07, 6.45) is 1.71. The number of hydrogen-bond acceptors (Lipinski definition) is 4. The van der Waals surface area contributed by atoms with E-state index in [0.717, 1.165) is 12.8 Å². The molecule has 0 radical (unpaired) electrons. The fourth-order valence-electron chi connectivity index (χ4n) is 1.43. The third-order valence-electron chi connectivity index (χ3n) is 2.69. The van der Waals surface area contributed by atoms with Crippen LogP contribution in [0.2, 0.25) is 0 Å². The molecule has 0 atom stereocenters. The van der Waals surface area contributed by atoms with E-state index in [1.807, 2.05) is 10.9 Å². The van der Waals surface area contributed by atoms with Gasteiger partial charge < -0.3 is 10.1 Å². The van der Waals surface area contributed by atoms with Crippen molar-refractivity contribution in [1.29, 1.82) is 0 Å². The number of hydrogen-bond donors (Lipinski definition) is 3. The molecule has 0 unspecified atom stereocenters. The Balaban J connectivity index is 1.71. The van der Waals surface area contributed by atoms with Crippen LogP contribution in [0.3, 0.4) is 0 Å². The minimum atomic E-state index is -0.955. The van der Waals surface area contributed by atoms with Gasteiger partial charge in [0.05, 0.1) is 4.47 Å². The summed E-state index contributed by atoms with van der Waals surface area (Å²) in [5.74, 6) is -2.59. The number of amides is 3. The van der Waals surface area contributed by atoms with Gasteiger partial charge in [-0.15, -0.1) is 0 Å². The molecule has 1 fully saturated rings. The summed E-state index contributed by atoms with van der Waals surface area (Å²) in [4.78, 5) is 34.1. The van der Waals surface area contributed by atoms with Crippen molar-refractivity contribution in [3.8, 4) is 5.75 Å². The third-order valence-corrected chi connectivity index (χ3v) is 3.31. The molecule has 22 heavy (non-hydrogen) atoms. The van der Waals surface area contributed by atoms with E-state index < -0.39 is 30.1 Å². The number of hydrazine groups is 1. The number of ether oxygens (including phenoxy) is 1. The molecule has 3 N–H and O–H groups in total. The topological polar surface area (TPSA) is 96.5 Å². The number of halogens is 2. The van der Waals surface area contributed by atoms with Gasteiger partial charge in [0.25, 0.3) is 5.91 Å². The first kappa shape index (κ1) is 16.2. The molecule has 0 spiro atoms. The second-order valence-electron chi connectivity index (χ2n) is 4.61. The quantitative estimate of drug-likeness (QED) is 0.525. The second-order valence-corrected chi connectivity index (χ2v) is 5.47. The van der Waals surface area contributed by atoms with E-state index in [1.54, 1.807) is 0 Å². The average Bonchev–Trinajstić information content (AvgIpc) is 3.27. The molecule has 0 saturated heterocycles. The summed E-state index contributed by atoms with van der Waals surface area (Å²) in [6.45, 7) is -0.408. The lowest BCUT2D eigenvalue weighted by atomic mass is 10.3. The highest BCUT2D eigenvalue weighted by Crippen LogP contribution is 2.25. The molecule has 0 bridgehead atoms. The Hall–Kier alpha value is -2.16. The van der Waals surface area contributed by atoms with Crippen molar-refractivity contribution in [2.24, 2.45) is 0 Å². The molecule has 1 aromatic carbocycles. The predicted octanol–water partition coefficient (Wildman–Crippen LogP) is 0.393. The molecular formula is C13H13BrFN3O4. The van der Waals surface area contributed by atoms with Crippen molar-refractivity contribution < 1.29 is 23.5 Å². The molecule has 118 valence electrons. The fourth-order valence-corrected chi connectivity index (χ4v) is 1.90. The van der Waals surface area contributed by atoms with E-state index in [9.17, 15) is 18.8 Å². The Morgan fingerprint density at radius 1 is 1.23 bits per heavy atom. The van der Waals surface area contributed by atoms with Gasteiger partial charge in [-0.2, -0.15) is 0 Å². The van der Waals surface area contributed by atoms with Crippen LogP contribution >= 0.6 is 15.9 Å². The maximum Gasteiger partial charge on any atom is 0.327 e. The molecule has 1 aliphatic rings. The summed E-state index contributed by atoms with van der Waals surface area (Å²) in [7, 11) is 0. The van der Waals surface area contributed by atoms with Crippen LogP contribution in [0.4, 0.5) is 4.39 Å².